The standard InChI is InChI=1S/C8H16NO2.CH4/c1-5-8(10)11-7-6-9(2,3)4;/h5H,1,6-7H2,2-4H3;1H4/q+1;. The van der Waals surface area contributed by atoms with Crippen LogP contribution >= 0.6 is 0 Å². The summed E-state index contributed by atoms with van der Waals surface area (Å²) in [6.45, 7) is 4.57. The normalized spacial score (nSPS) is 9.92. The van der Waals surface area contributed by atoms with Gasteiger partial charge in [-0.25, -0.2) is 4.79 Å². The first kappa shape index (κ1) is 13.7. The van der Waals surface area contributed by atoms with E-state index in [-0.39, 0.29) is 13.4 Å². The summed E-state index contributed by atoms with van der Waals surface area (Å²) >= 11 is 0. The van der Waals surface area contributed by atoms with Crippen LogP contribution in [-0.2, 0) is 9.53 Å². The number of hydrogen-bond donors (Lipinski definition) is 0. The smallest absolute Gasteiger partial charge is 0.330 e. The summed E-state index contributed by atoms with van der Waals surface area (Å²) in [5, 5.41) is 0. The van der Waals surface area contributed by atoms with E-state index < -0.39 is 0 Å². The molecular weight excluding hydrogens is 154 g/mol. The lowest BCUT2D eigenvalue weighted by Crippen LogP contribution is -2.37. The molecule has 72 valence electrons. The highest BCUT2D eigenvalue weighted by Crippen LogP contribution is 1.89. The molecule has 0 heterocycles. The van der Waals surface area contributed by atoms with E-state index in [1.165, 1.54) is 6.08 Å². The Labute approximate surface area is 75.2 Å². The molecule has 0 unspecified atom stereocenters. The van der Waals surface area contributed by atoms with E-state index in [1.807, 2.05) is 21.1 Å². The minimum atomic E-state index is -0.349. The Morgan fingerprint density at radius 3 is 2.33 bits per heavy atom. The highest BCUT2D eigenvalue weighted by atomic mass is 16.5. The first-order chi connectivity index (χ1) is 4.95. The number of quaternary nitrogens is 1. The summed E-state index contributed by atoms with van der Waals surface area (Å²) < 4.78 is 5.59. The van der Waals surface area contributed by atoms with Crippen molar-refractivity contribution in [2.24, 2.45) is 0 Å². The second kappa shape index (κ2) is 5.77. The molecule has 12 heavy (non-hydrogen) atoms. The highest BCUT2D eigenvalue weighted by Gasteiger charge is 2.06. The molecular formula is C9H20NO2+. The van der Waals surface area contributed by atoms with Crippen LogP contribution in [0.25, 0.3) is 0 Å². The Hall–Kier alpha value is -0.830. The van der Waals surface area contributed by atoms with Crippen LogP contribution in [0, 0.1) is 0 Å². The zero-order valence-corrected chi connectivity index (χ0v) is 7.46. The number of likely N-dealkylation sites (N-methyl/N-ethyl adjacent to an activating group) is 1. The van der Waals surface area contributed by atoms with Crippen molar-refractivity contribution in [2.75, 3.05) is 34.3 Å². The average Bonchev–Trinajstić information content (AvgIpc) is 1.85. The molecule has 0 atom stereocenters. The Balaban J connectivity index is 0. The maximum Gasteiger partial charge on any atom is 0.330 e. The largest absolute Gasteiger partial charge is 0.457 e. The molecule has 0 aliphatic heterocycles. The van der Waals surface area contributed by atoms with Crippen molar-refractivity contribution in [2.45, 2.75) is 7.43 Å². The van der Waals surface area contributed by atoms with Gasteiger partial charge in [0.25, 0.3) is 0 Å². The molecule has 0 rings (SSSR count). The Bertz CT molecular complexity index is 147. The van der Waals surface area contributed by atoms with Crippen LogP contribution in [0.15, 0.2) is 12.7 Å². The van der Waals surface area contributed by atoms with Gasteiger partial charge in [-0.2, -0.15) is 0 Å². The van der Waals surface area contributed by atoms with Crippen molar-refractivity contribution in [1.29, 1.82) is 0 Å². The van der Waals surface area contributed by atoms with Crippen molar-refractivity contribution in [3.05, 3.63) is 12.7 Å². The molecule has 3 heteroatoms. The average molecular weight is 174 g/mol. The van der Waals surface area contributed by atoms with Crippen molar-refractivity contribution < 1.29 is 14.0 Å². The van der Waals surface area contributed by atoms with Gasteiger partial charge in [-0.15, -0.1) is 0 Å². The Morgan fingerprint density at radius 2 is 2.00 bits per heavy atom. The minimum absolute atomic E-state index is 0. The van der Waals surface area contributed by atoms with Gasteiger partial charge in [-0.3, -0.25) is 0 Å². The number of hydrogen-bond acceptors (Lipinski definition) is 2. The summed E-state index contributed by atoms with van der Waals surface area (Å²) in [5.41, 5.74) is 0. The quantitative estimate of drug-likeness (QED) is 0.362. The SMILES string of the molecule is C.C=CC(=O)OCC[N+](C)(C)C. The molecule has 0 aromatic heterocycles. The lowest BCUT2D eigenvalue weighted by molar-refractivity contribution is -0.870. The third kappa shape index (κ3) is 9.17. The maximum atomic E-state index is 10.6. The molecule has 0 N–H and O–H groups in total. The van der Waals surface area contributed by atoms with Gasteiger partial charge in [0, 0.05) is 6.08 Å². The fourth-order valence-electron chi connectivity index (χ4n) is 0.479. The van der Waals surface area contributed by atoms with Crippen LogP contribution in [0.2, 0.25) is 0 Å². The van der Waals surface area contributed by atoms with E-state index >= 15 is 0 Å². The Morgan fingerprint density at radius 1 is 1.50 bits per heavy atom. The molecule has 0 aromatic rings. The third-order valence-electron chi connectivity index (χ3n) is 1.17. The predicted molar refractivity (Wildman–Crippen MR) is 50.8 cm³/mol. The van der Waals surface area contributed by atoms with Crippen LogP contribution < -0.4 is 0 Å². The molecule has 3 nitrogen and oxygen atoms in total. The third-order valence-corrected chi connectivity index (χ3v) is 1.17. The number of nitrogens with zero attached hydrogens (tertiary/aromatic N) is 1. The maximum absolute atomic E-state index is 10.6. The number of ether oxygens (including phenoxy) is 1. The molecule has 0 aliphatic carbocycles. The minimum Gasteiger partial charge on any atom is -0.457 e. The van der Waals surface area contributed by atoms with Gasteiger partial charge in [-0.1, -0.05) is 14.0 Å². The molecule has 0 spiro atoms. The van der Waals surface area contributed by atoms with E-state index in [0.29, 0.717) is 6.61 Å². The van der Waals surface area contributed by atoms with Gasteiger partial charge in [0.1, 0.15) is 13.2 Å². The summed E-state index contributed by atoms with van der Waals surface area (Å²) in [7, 11) is 6.13. The lowest BCUT2D eigenvalue weighted by Gasteiger charge is -2.23. The van der Waals surface area contributed by atoms with E-state index in [0.717, 1.165) is 11.0 Å². The zero-order valence-electron chi connectivity index (χ0n) is 7.46. The van der Waals surface area contributed by atoms with Crippen LogP contribution in [-0.4, -0.2) is 44.7 Å². The number of carbonyl (C=O) groups is 1. The molecule has 0 amide bonds. The number of carbonyl (C=O) groups excluding carboxylic acids is 1. The van der Waals surface area contributed by atoms with Crippen molar-refractivity contribution in [3.8, 4) is 0 Å². The number of esters is 1. The Kier molecular flexibility index (Phi) is 6.61. The molecule has 0 radical (unpaired) electrons. The molecule has 0 saturated heterocycles. The van der Waals surface area contributed by atoms with Crippen molar-refractivity contribution in [3.63, 3.8) is 0 Å². The molecule has 0 saturated carbocycles. The molecule has 0 fully saturated rings. The monoisotopic (exact) mass is 174 g/mol. The van der Waals surface area contributed by atoms with E-state index in [2.05, 4.69) is 6.58 Å². The van der Waals surface area contributed by atoms with Crippen molar-refractivity contribution in [1.82, 2.24) is 0 Å². The van der Waals surface area contributed by atoms with Gasteiger partial charge in [0.2, 0.25) is 0 Å². The van der Waals surface area contributed by atoms with Gasteiger partial charge in [0.05, 0.1) is 21.1 Å². The molecule has 0 bridgehead atoms. The second-order valence-corrected chi connectivity index (χ2v) is 3.39. The molecule has 0 aliphatic rings. The first-order valence-corrected chi connectivity index (χ1v) is 3.55. The topological polar surface area (TPSA) is 26.3 Å². The second-order valence-electron chi connectivity index (χ2n) is 3.39. The van der Waals surface area contributed by atoms with Crippen LogP contribution in [0.3, 0.4) is 0 Å². The predicted octanol–water partition coefficient (Wildman–Crippen LogP) is 1.06. The molecule has 0 aromatic carbocycles. The lowest BCUT2D eigenvalue weighted by atomic mass is 10.5. The first-order valence-electron chi connectivity index (χ1n) is 3.55. The van der Waals surface area contributed by atoms with Crippen LogP contribution in [0.5, 0.6) is 0 Å². The van der Waals surface area contributed by atoms with E-state index in [1.54, 1.807) is 0 Å². The van der Waals surface area contributed by atoms with Crippen LogP contribution in [0.1, 0.15) is 7.43 Å². The fraction of sp³-hybridized carbons (Fsp3) is 0.667. The van der Waals surface area contributed by atoms with Crippen molar-refractivity contribution >= 4 is 5.97 Å². The van der Waals surface area contributed by atoms with Crippen LogP contribution in [0.4, 0.5) is 0 Å². The van der Waals surface area contributed by atoms with E-state index in [4.69, 9.17) is 4.74 Å². The summed E-state index contributed by atoms with van der Waals surface area (Å²) in [6.07, 6.45) is 1.18. The van der Waals surface area contributed by atoms with Gasteiger partial charge < -0.3 is 9.22 Å². The zero-order chi connectivity index (χ0) is 8.91. The summed E-state index contributed by atoms with van der Waals surface area (Å²) in [6, 6.07) is 0. The van der Waals surface area contributed by atoms with Gasteiger partial charge >= 0.3 is 5.97 Å². The summed E-state index contributed by atoms with van der Waals surface area (Å²) in [5.74, 6) is -0.349. The summed E-state index contributed by atoms with van der Waals surface area (Å²) in [4.78, 5) is 10.6. The van der Waals surface area contributed by atoms with Gasteiger partial charge in [-0.05, 0) is 0 Å². The van der Waals surface area contributed by atoms with Gasteiger partial charge in [0.15, 0.2) is 0 Å². The highest BCUT2D eigenvalue weighted by molar-refractivity contribution is 5.81. The number of rotatable bonds is 4. The van der Waals surface area contributed by atoms with E-state index in [9.17, 15) is 4.79 Å². The fourth-order valence-corrected chi connectivity index (χ4v) is 0.479.